The van der Waals surface area contributed by atoms with E-state index < -0.39 is 0 Å². The summed E-state index contributed by atoms with van der Waals surface area (Å²) in [5.41, 5.74) is 1.69. The molecule has 0 saturated carbocycles. The van der Waals surface area contributed by atoms with Gasteiger partial charge < -0.3 is 20.5 Å². The molecule has 1 rings (SSSR count). The summed E-state index contributed by atoms with van der Waals surface area (Å²) in [5.74, 6) is 0.627. The van der Waals surface area contributed by atoms with E-state index in [4.69, 9.17) is 9.84 Å². The second-order valence-corrected chi connectivity index (χ2v) is 3.66. The van der Waals surface area contributed by atoms with Crippen molar-refractivity contribution in [2.75, 3.05) is 25.6 Å². The smallest absolute Gasteiger partial charge is 0.319 e. The summed E-state index contributed by atoms with van der Waals surface area (Å²) in [6.45, 7) is 2.46. The van der Waals surface area contributed by atoms with E-state index in [1.54, 1.807) is 13.2 Å². The quantitative estimate of drug-likeness (QED) is 0.681. The number of hydrogen-bond donors (Lipinski definition) is 3. The number of anilines is 1. The van der Waals surface area contributed by atoms with Crippen molar-refractivity contribution < 1.29 is 14.6 Å². The second kappa shape index (κ2) is 6.75. The zero-order valence-electron chi connectivity index (χ0n) is 10.1. The summed E-state index contributed by atoms with van der Waals surface area (Å²) >= 11 is 0. The molecule has 94 valence electrons. The van der Waals surface area contributed by atoms with Gasteiger partial charge in [-0.25, -0.2) is 4.79 Å². The molecule has 0 atom stereocenters. The zero-order chi connectivity index (χ0) is 12.7. The monoisotopic (exact) mass is 238 g/mol. The minimum Gasteiger partial charge on any atom is -0.495 e. The lowest BCUT2D eigenvalue weighted by molar-refractivity contribution is 0.248. The van der Waals surface area contributed by atoms with Crippen molar-refractivity contribution >= 4 is 11.7 Å². The molecule has 0 bridgehead atoms. The first kappa shape index (κ1) is 13.3. The highest BCUT2D eigenvalue weighted by molar-refractivity contribution is 5.90. The number of hydrogen-bond acceptors (Lipinski definition) is 3. The lowest BCUT2D eigenvalue weighted by atomic mass is 10.2. The molecule has 0 aliphatic heterocycles. The topological polar surface area (TPSA) is 70.6 Å². The van der Waals surface area contributed by atoms with Gasteiger partial charge in [0, 0.05) is 13.2 Å². The third-order valence-electron chi connectivity index (χ3n) is 2.23. The molecule has 2 amide bonds. The number of carbonyl (C=O) groups is 1. The molecule has 0 aliphatic carbocycles. The van der Waals surface area contributed by atoms with E-state index in [9.17, 15) is 4.79 Å². The molecule has 0 radical (unpaired) electrons. The molecule has 17 heavy (non-hydrogen) atoms. The van der Waals surface area contributed by atoms with Gasteiger partial charge in [-0.15, -0.1) is 0 Å². The third kappa shape index (κ3) is 4.32. The van der Waals surface area contributed by atoms with Crippen LogP contribution in [0.3, 0.4) is 0 Å². The van der Waals surface area contributed by atoms with Crippen LogP contribution in [0.5, 0.6) is 5.75 Å². The Balaban J connectivity index is 2.58. The van der Waals surface area contributed by atoms with Crippen molar-refractivity contribution in [3.05, 3.63) is 23.8 Å². The molecule has 3 N–H and O–H groups in total. The Kier molecular flexibility index (Phi) is 5.29. The van der Waals surface area contributed by atoms with E-state index in [2.05, 4.69) is 10.6 Å². The summed E-state index contributed by atoms with van der Waals surface area (Å²) in [4.78, 5) is 11.5. The first-order chi connectivity index (χ1) is 8.17. The molecule has 0 fully saturated rings. The summed E-state index contributed by atoms with van der Waals surface area (Å²) in [7, 11) is 1.56. The maximum atomic E-state index is 11.5. The van der Waals surface area contributed by atoms with Gasteiger partial charge in [-0.3, -0.25) is 0 Å². The fraction of sp³-hybridized carbons (Fsp3) is 0.417. The molecule has 0 unspecified atom stereocenters. The number of nitrogens with one attached hydrogen (secondary N) is 2. The summed E-state index contributed by atoms with van der Waals surface area (Å²) < 4.78 is 5.17. The van der Waals surface area contributed by atoms with Gasteiger partial charge in [0.2, 0.25) is 0 Å². The van der Waals surface area contributed by atoms with Crippen LogP contribution in [0.1, 0.15) is 12.0 Å². The number of aryl methyl sites for hydroxylation is 1. The number of carbonyl (C=O) groups excluding carboxylic acids is 1. The van der Waals surface area contributed by atoms with Gasteiger partial charge in [0.15, 0.2) is 0 Å². The van der Waals surface area contributed by atoms with Crippen molar-refractivity contribution in [1.29, 1.82) is 0 Å². The van der Waals surface area contributed by atoms with E-state index in [1.807, 2.05) is 19.1 Å². The predicted octanol–water partition coefficient (Wildman–Crippen LogP) is 1.51. The molecule has 0 aliphatic rings. The van der Waals surface area contributed by atoms with Crippen LogP contribution < -0.4 is 15.4 Å². The zero-order valence-corrected chi connectivity index (χ0v) is 10.1. The molecule has 1 aromatic carbocycles. The second-order valence-electron chi connectivity index (χ2n) is 3.66. The number of aliphatic hydroxyl groups excluding tert-OH is 1. The summed E-state index contributed by atoms with van der Waals surface area (Å²) in [5, 5.41) is 13.9. The largest absolute Gasteiger partial charge is 0.495 e. The van der Waals surface area contributed by atoms with Gasteiger partial charge in [-0.2, -0.15) is 0 Å². The van der Waals surface area contributed by atoms with Crippen LogP contribution in [-0.2, 0) is 0 Å². The SMILES string of the molecule is COc1cc(C)ccc1NC(=O)NCCCO. The number of amides is 2. The Labute approximate surface area is 101 Å². The Morgan fingerprint density at radius 2 is 2.24 bits per heavy atom. The van der Waals surface area contributed by atoms with Crippen LogP contribution in [0.25, 0.3) is 0 Å². The minimum absolute atomic E-state index is 0.0636. The summed E-state index contributed by atoms with van der Waals surface area (Å²) in [6.07, 6.45) is 0.540. The van der Waals surface area contributed by atoms with E-state index in [1.165, 1.54) is 0 Å². The normalized spacial score (nSPS) is 9.82. The van der Waals surface area contributed by atoms with Gasteiger partial charge >= 0.3 is 6.03 Å². The van der Waals surface area contributed by atoms with E-state index >= 15 is 0 Å². The highest BCUT2D eigenvalue weighted by Gasteiger charge is 2.06. The number of benzene rings is 1. The van der Waals surface area contributed by atoms with Crippen LogP contribution in [-0.4, -0.2) is 31.4 Å². The van der Waals surface area contributed by atoms with Crippen LogP contribution >= 0.6 is 0 Å². The number of urea groups is 1. The van der Waals surface area contributed by atoms with Gasteiger partial charge in [0.25, 0.3) is 0 Å². The van der Waals surface area contributed by atoms with Gasteiger partial charge in [0.1, 0.15) is 5.75 Å². The summed E-state index contributed by atoms with van der Waals surface area (Å²) in [6, 6.07) is 5.23. The number of rotatable bonds is 5. The van der Waals surface area contributed by atoms with Crippen LogP contribution in [0.4, 0.5) is 10.5 Å². The highest BCUT2D eigenvalue weighted by Crippen LogP contribution is 2.24. The van der Waals surface area contributed by atoms with Gasteiger partial charge in [-0.05, 0) is 31.0 Å². The number of methoxy groups -OCH3 is 1. The molecule has 0 saturated heterocycles. The highest BCUT2D eigenvalue weighted by atomic mass is 16.5. The van der Waals surface area contributed by atoms with Crippen molar-refractivity contribution in [3.8, 4) is 5.75 Å². The lowest BCUT2D eigenvalue weighted by Crippen LogP contribution is -2.30. The average Bonchev–Trinajstić information content (AvgIpc) is 2.32. The molecule has 5 heteroatoms. The van der Waals surface area contributed by atoms with Crippen molar-refractivity contribution in [2.45, 2.75) is 13.3 Å². The molecule has 0 spiro atoms. The Hall–Kier alpha value is -1.75. The maximum Gasteiger partial charge on any atom is 0.319 e. The van der Waals surface area contributed by atoms with Crippen LogP contribution in [0.2, 0.25) is 0 Å². The standard InChI is InChI=1S/C12H18N2O3/c1-9-4-5-10(11(8-9)17-2)14-12(16)13-6-3-7-15/h4-5,8,15H,3,6-7H2,1-2H3,(H2,13,14,16). The maximum absolute atomic E-state index is 11.5. The number of ether oxygens (including phenoxy) is 1. The lowest BCUT2D eigenvalue weighted by Gasteiger charge is -2.11. The Bertz CT molecular complexity index is 380. The van der Waals surface area contributed by atoms with E-state index in [-0.39, 0.29) is 12.6 Å². The molecule has 0 heterocycles. The van der Waals surface area contributed by atoms with E-state index in [0.29, 0.717) is 24.4 Å². The van der Waals surface area contributed by atoms with Gasteiger partial charge in [-0.1, -0.05) is 6.07 Å². The van der Waals surface area contributed by atoms with Crippen molar-refractivity contribution in [2.24, 2.45) is 0 Å². The van der Waals surface area contributed by atoms with Crippen LogP contribution in [0, 0.1) is 6.92 Å². The molecule has 1 aromatic rings. The molecular formula is C12H18N2O3. The van der Waals surface area contributed by atoms with Crippen molar-refractivity contribution in [1.82, 2.24) is 5.32 Å². The first-order valence-electron chi connectivity index (χ1n) is 5.47. The number of aliphatic hydroxyl groups is 1. The molecule has 5 nitrogen and oxygen atoms in total. The fourth-order valence-electron chi connectivity index (χ4n) is 1.35. The van der Waals surface area contributed by atoms with Gasteiger partial charge in [0.05, 0.1) is 12.8 Å². The van der Waals surface area contributed by atoms with Crippen LogP contribution in [0.15, 0.2) is 18.2 Å². The first-order valence-corrected chi connectivity index (χ1v) is 5.47. The average molecular weight is 238 g/mol. The minimum atomic E-state index is -0.305. The third-order valence-corrected chi connectivity index (χ3v) is 2.23. The fourth-order valence-corrected chi connectivity index (χ4v) is 1.35. The molecular weight excluding hydrogens is 220 g/mol. The Morgan fingerprint density at radius 3 is 2.88 bits per heavy atom. The van der Waals surface area contributed by atoms with Crippen molar-refractivity contribution in [3.63, 3.8) is 0 Å². The predicted molar refractivity (Wildman–Crippen MR) is 66.5 cm³/mol. The Morgan fingerprint density at radius 1 is 1.47 bits per heavy atom. The van der Waals surface area contributed by atoms with E-state index in [0.717, 1.165) is 5.56 Å². The molecule has 0 aromatic heterocycles.